The van der Waals surface area contributed by atoms with E-state index in [-0.39, 0.29) is 23.7 Å². The van der Waals surface area contributed by atoms with Crippen LogP contribution in [0, 0.1) is 19.7 Å². The number of carbonyl (C=O) groups excluding carboxylic acids is 2. The Morgan fingerprint density at radius 1 is 1.15 bits per heavy atom. The summed E-state index contributed by atoms with van der Waals surface area (Å²) < 4.78 is 23.9. The van der Waals surface area contributed by atoms with E-state index in [9.17, 15) is 14.0 Å². The van der Waals surface area contributed by atoms with Crippen LogP contribution >= 0.6 is 11.6 Å². The van der Waals surface area contributed by atoms with Crippen LogP contribution in [-0.4, -0.2) is 31.6 Å². The molecule has 0 radical (unpaired) electrons. The molecule has 0 atom stereocenters. The summed E-state index contributed by atoms with van der Waals surface area (Å²) in [5.41, 5.74) is 1.83. The Kier molecular flexibility index (Phi) is 6.97. The van der Waals surface area contributed by atoms with Gasteiger partial charge in [-0.25, -0.2) is 9.18 Å². The monoisotopic (exact) mass is 379 g/mol. The van der Waals surface area contributed by atoms with E-state index in [1.54, 1.807) is 0 Å². The van der Waals surface area contributed by atoms with Gasteiger partial charge < -0.3 is 14.8 Å². The van der Waals surface area contributed by atoms with E-state index in [4.69, 9.17) is 21.1 Å². The first-order valence-corrected chi connectivity index (χ1v) is 8.33. The second-order valence-electron chi connectivity index (χ2n) is 5.67. The molecule has 0 heterocycles. The van der Waals surface area contributed by atoms with Crippen molar-refractivity contribution < 1.29 is 23.5 Å². The molecule has 2 aromatic rings. The minimum absolute atomic E-state index is 0.200. The number of esters is 1. The number of hydrogen-bond donors (Lipinski definition) is 1. The van der Waals surface area contributed by atoms with E-state index in [1.165, 1.54) is 6.07 Å². The number of hydrogen-bond acceptors (Lipinski definition) is 4. The number of ether oxygens (including phenoxy) is 2. The zero-order chi connectivity index (χ0) is 19.1. The summed E-state index contributed by atoms with van der Waals surface area (Å²) in [6, 6.07) is 9.33. The summed E-state index contributed by atoms with van der Waals surface area (Å²) in [4.78, 5) is 23.5. The third-order valence-corrected chi connectivity index (χ3v) is 3.73. The SMILES string of the molecule is Cc1ccc(OCCNC(=O)COC(=O)c2cc(Cl)ccc2F)c(C)c1. The van der Waals surface area contributed by atoms with E-state index < -0.39 is 24.3 Å². The van der Waals surface area contributed by atoms with Gasteiger partial charge in [0, 0.05) is 5.02 Å². The Morgan fingerprint density at radius 3 is 2.65 bits per heavy atom. The Morgan fingerprint density at radius 2 is 1.92 bits per heavy atom. The average molecular weight is 380 g/mol. The molecule has 0 unspecified atom stereocenters. The van der Waals surface area contributed by atoms with Crippen LogP contribution in [0.1, 0.15) is 21.5 Å². The largest absolute Gasteiger partial charge is 0.491 e. The highest BCUT2D eigenvalue weighted by atomic mass is 35.5. The predicted molar refractivity (Wildman–Crippen MR) is 96.1 cm³/mol. The smallest absolute Gasteiger partial charge is 0.341 e. The van der Waals surface area contributed by atoms with Gasteiger partial charge in [-0.1, -0.05) is 29.3 Å². The van der Waals surface area contributed by atoms with E-state index in [1.807, 2.05) is 32.0 Å². The van der Waals surface area contributed by atoms with Gasteiger partial charge in [0.1, 0.15) is 18.2 Å². The first-order valence-electron chi connectivity index (χ1n) is 7.95. The standard InChI is InChI=1S/C19H19ClFNO4/c1-12-3-6-17(13(2)9-12)25-8-7-22-18(23)11-26-19(24)15-10-14(20)4-5-16(15)21/h3-6,9-10H,7-8,11H2,1-2H3,(H,22,23). The first kappa shape index (κ1) is 19.7. The molecule has 0 saturated carbocycles. The highest BCUT2D eigenvalue weighted by molar-refractivity contribution is 6.30. The molecule has 7 heteroatoms. The van der Waals surface area contributed by atoms with Crippen LogP contribution in [0.3, 0.4) is 0 Å². The lowest BCUT2D eigenvalue weighted by molar-refractivity contribution is -0.124. The normalized spacial score (nSPS) is 10.3. The second-order valence-corrected chi connectivity index (χ2v) is 6.10. The fraction of sp³-hybridized carbons (Fsp3) is 0.263. The second kappa shape index (κ2) is 9.20. The highest BCUT2D eigenvalue weighted by Crippen LogP contribution is 2.18. The number of carbonyl (C=O) groups is 2. The van der Waals surface area contributed by atoms with Crippen molar-refractivity contribution in [1.82, 2.24) is 5.32 Å². The molecule has 0 spiro atoms. The third kappa shape index (κ3) is 5.74. The van der Waals surface area contributed by atoms with Crippen molar-refractivity contribution in [2.24, 2.45) is 0 Å². The minimum Gasteiger partial charge on any atom is -0.491 e. The Balaban J connectivity index is 1.72. The number of amides is 1. The number of rotatable bonds is 7. The molecule has 1 N–H and O–H groups in total. The number of halogens is 2. The van der Waals surface area contributed by atoms with Crippen LogP contribution in [-0.2, 0) is 9.53 Å². The maximum atomic E-state index is 13.5. The van der Waals surface area contributed by atoms with Crippen molar-refractivity contribution in [2.75, 3.05) is 19.8 Å². The van der Waals surface area contributed by atoms with Gasteiger partial charge in [-0.2, -0.15) is 0 Å². The molecule has 26 heavy (non-hydrogen) atoms. The molecular weight excluding hydrogens is 361 g/mol. The van der Waals surface area contributed by atoms with Gasteiger partial charge in [-0.05, 0) is 43.7 Å². The topological polar surface area (TPSA) is 64.6 Å². The lowest BCUT2D eigenvalue weighted by Gasteiger charge is -2.11. The molecular formula is C19H19ClFNO4. The predicted octanol–water partition coefficient (Wildman–Crippen LogP) is 3.45. The Bertz CT molecular complexity index is 810. The zero-order valence-corrected chi connectivity index (χ0v) is 15.2. The van der Waals surface area contributed by atoms with Crippen LogP contribution in [0.4, 0.5) is 4.39 Å². The molecule has 0 bridgehead atoms. The van der Waals surface area contributed by atoms with Crippen molar-refractivity contribution in [2.45, 2.75) is 13.8 Å². The van der Waals surface area contributed by atoms with Crippen molar-refractivity contribution in [3.05, 3.63) is 63.9 Å². The molecule has 2 aromatic carbocycles. The summed E-state index contributed by atoms with van der Waals surface area (Å²) >= 11 is 5.71. The van der Waals surface area contributed by atoms with Gasteiger partial charge >= 0.3 is 5.97 Å². The maximum absolute atomic E-state index is 13.5. The van der Waals surface area contributed by atoms with Gasteiger partial charge in [-0.3, -0.25) is 4.79 Å². The van der Waals surface area contributed by atoms with E-state index in [2.05, 4.69) is 5.32 Å². The molecule has 0 aromatic heterocycles. The summed E-state index contributed by atoms with van der Waals surface area (Å²) in [5.74, 6) is -1.48. The van der Waals surface area contributed by atoms with Gasteiger partial charge in [0.25, 0.3) is 5.91 Å². The highest BCUT2D eigenvalue weighted by Gasteiger charge is 2.15. The third-order valence-electron chi connectivity index (χ3n) is 3.49. The lowest BCUT2D eigenvalue weighted by Crippen LogP contribution is -2.32. The maximum Gasteiger partial charge on any atom is 0.341 e. The van der Waals surface area contributed by atoms with Gasteiger partial charge in [0.15, 0.2) is 6.61 Å². The molecule has 2 rings (SSSR count). The van der Waals surface area contributed by atoms with Crippen LogP contribution in [0.2, 0.25) is 5.02 Å². The van der Waals surface area contributed by atoms with E-state index in [0.717, 1.165) is 29.0 Å². The molecule has 138 valence electrons. The van der Waals surface area contributed by atoms with E-state index >= 15 is 0 Å². The molecule has 0 aliphatic heterocycles. The fourth-order valence-corrected chi connectivity index (χ4v) is 2.40. The Hall–Kier alpha value is -2.60. The molecule has 0 fully saturated rings. The summed E-state index contributed by atoms with van der Waals surface area (Å²) in [6.07, 6.45) is 0. The average Bonchev–Trinajstić information content (AvgIpc) is 2.60. The molecule has 5 nitrogen and oxygen atoms in total. The van der Waals surface area contributed by atoms with Crippen LogP contribution in [0.25, 0.3) is 0 Å². The summed E-state index contributed by atoms with van der Waals surface area (Å²) in [6.45, 7) is 3.93. The quantitative estimate of drug-likeness (QED) is 0.591. The molecule has 1 amide bonds. The Labute approximate surface area is 156 Å². The number of nitrogens with one attached hydrogen (secondary N) is 1. The summed E-state index contributed by atoms with van der Waals surface area (Å²) in [7, 11) is 0. The van der Waals surface area contributed by atoms with Gasteiger partial charge in [-0.15, -0.1) is 0 Å². The molecule has 0 aliphatic carbocycles. The lowest BCUT2D eigenvalue weighted by atomic mass is 10.1. The molecule has 0 aliphatic rings. The van der Waals surface area contributed by atoms with E-state index in [0.29, 0.717) is 0 Å². The fourth-order valence-electron chi connectivity index (χ4n) is 2.23. The molecule has 0 saturated heterocycles. The zero-order valence-electron chi connectivity index (χ0n) is 14.5. The van der Waals surface area contributed by atoms with Crippen molar-refractivity contribution in [3.63, 3.8) is 0 Å². The van der Waals surface area contributed by atoms with Gasteiger partial charge in [0.2, 0.25) is 0 Å². The number of benzene rings is 2. The van der Waals surface area contributed by atoms with Crippen molar-refractivity contribution >= 4 is 23.5 Å². The van der Waals surface area contributed by atoms with Crippen molar-refractivity contribution in [1.29, 1.82) is 0 Å². The summed E-state index contributed by atoms with van der Waals surface area (Å²) in [5, 5.41) is 2.76. The van der Waals surface area contributed by atoms with Gasteiger partial charge in [0.05, 0.1) is 12.1 Å². The van der Waals surface area contributed by atoms with Crippen molar-refractivity contribution in [3.8, 4) is 5.75 Å². The first-order chi connectivity index (χ1) is 12.4. The minimum atomic E-state index is -0.952. The van der Waals surface area contributed by atoms with Crippen LogP contribution in [0.15, 0.2) is 36.4 Å². The van der Waals surface area contributed by atoms with Crippen LogP contribution in [0.5, 0.6) is 5.75 Å². The van der Waals surface area contributed by atoms with Crippen LogP contribution < -0.4 is 10.1 Å². The number of aryl methyl sites for hydroxylation is 2.